The Hall–Kier alpha value is -1.83. The number of nitrogens with zero attached hydrogens (tertiary/aromatic N) is 1. The molecule has 1 unspecified atom stereocenters. The van der Waals surface area contributed by atoms with E-state index in [0.29, 0.717) is 39.1 Å². The molecular formula is C13H22N2O6. The lowest BCUT2D eigenvalue weighted by Gasteiger charge is -2.32. The lowest BCUT2D eigenvalue weighted by atomic mass is 10.2. The monoisotopic (exact) mass is 302 g/mol. The van der Waals surface area contributed by atoms with E-state index in [1.165, 1.54) is 7.11 Å². The first-order valence-corrected chi connectivity index (χ1v) is 6.96. The molecule has 1 saturated heterocycles. The number of carboxylic acids is 1. The van der Waals surface area contributed by atoms with Gasteiger partial charge in [-0.05, 0) is 12.8 Å². The summed E-state index contributed by atoms with van der Waals surface area (Å²) >= 11 is 0. The second-order valence-corrected chi connectivity index (χ2v) is 4.80. The number of unbranched alkanes of at least 4 members (excludes halogenated alkanes) is 1. The van der Waals surface area contributed by atoms with Gasteiger partial charge in [-0.15, -0.1) is 0 Å². The molecule has 0 aromatic carbocycles. The number of urea groups is 1. The van der Waals surface area contributed by atoms with Crippen molar-refractivity contribution in [1.29, 1.82) is 0 Å². The molecule has 1 heterocycles. The van der Waals surface area contributed by atoms with Crippen molar-refractivity contribution < 1.29 is 29.0 Å². The van der Waals surface area contributed by atoms with Gasteiger partial charge in [0.25, 0.3) is 0 Å². The van der Waals surface area contributed by atoms with E-state index in [9.17, 15) is 14.4 Å². The Bertz CT molecular complexity index is 374. The summed E-state index contributed by atoms with van der Waals surface area (Å²) in [5, 5.41) is 11.2. The molecule has 0 radical (unpaired) electrons. The molecule has 0 aromatic heterocycles. The summed E-state index contributed by atoms with van der Waals surface area (Å²) in [6, 6.07) is -0.219. The van der Waals surface area contributed by atoms with E-state index in [4.69, 9.17) is 9.84 Å². The van der Waals surface area contributed by atoms with Crippen molar-refractivity contribution in [1.82, 2.24) is 10.2 Å². The quantitative estimate of drug-likeness (QED) is 0.514. The van der Waals surface area contributed by atoms with Gasteiger partial charge in [0.1, 0.15) is 0 Å². The minimum atomic E-state index is -0.833. The minimum Gasteiger partial charge on any atom is -0.481 e. The summed E-state index contributed by atoms with van der Waals surface area (Å²) in [4.78, 5) is 35.0. The number of carbonyl (C=O) groups is 3. The van der Waals surface area contributed by atoms with Gasteiger partial charge in [0.05, 0.1) is 26.2 Å². The average molecular weight is 302 g/mol. The van der Waals surface area contributed by atoms with Crippen LogP contribution in [0.25, 0.3) is 0 Å². The Morgan fingerprint density at radius 3 is 2.81 bits per heavy atom. The molecule has 0 spiro atoms. The van der Waals surface area contributed by atoms with E-state index in [2.05, 4.69) is 10.1 Å². The van der Waals surface area contributed by atoms with Gasteiger partial charge < -0.3 is 24.8 Å². The molecule has 0 saturated carbocycles. The van der Waals surface area contributed by atoms with E-state index >= 15 is 0 Å². The number of morpholine rings is 1. The topological polar surface area (TPSA) is 105 Å². The second-order valence-electron chi connectivity index (χ2n) is 4.80. The zero-order valence-corrected chi connectivity index (χ0v) is 12.2. The van der Waals surface area contributed by atoms with Gasteiger partial charge in [0, 0.05) is 26.1 Å². The number of ether oxygens (including phenoxy) is 2. The number of carboxylic acid groups (broad SMARTS) is 1. The molecule has 120 valence electrons. The first-order chi connectivity index (χ1) is 10.0. The normalized spacial score (nSPS) is 18.1. The number of carbonyl (C=O) groups excluding carboxylic acids is 2. The van der Waals surface area contributed by atoms with Crippen LogP contribution in [0, 0.1) is 0 Å². The van der Waals surface area contributed by atoms with Crippen molar-refractivity contribution in [2.45, 2.75) is 31.8 Å². The van der Waals surface area contributed by atoms with E-state index in [-0.39, 0.29) is 30.9 Å². The molecule has 1 aliphatic heterocycles. The first-order valence-electron chi connectivity index (χ1n) is 6.96. The van der Waals surface area contributed by atoms with Crippen LogP contribution in [0.2, 0.25) is 0 Å². The molecule has 2 N–H and O–H groups in total. The Morgan fingerprint density at radius 1 is 1.38 bits per heavy atom. The zero-order valence-electron chi connectivity index (χ0n) is 12.2. The average Bonchev–Trinajstić information content (AvgIpc) is 2.46. The van der Waals surface area contributed by atoms with E-state index in [0.717, 1.165) is 0 Å². The molecule has 2 amide bonds. The van der Waals surface area contributed by atoms with Crippen LogP contribution < -0.4 is 5.32 Å². The summed E-state index contributed by atoms with van der Waals surface area (Å²) < 4.78 is 9.99. The van der Waals surface area contributed by atoms with E-state index in [1.807, 2.05) is 0 Å². The minimum absolute atomic E-state index is 0.106. The largest absolute Gasteiger partial charge is 0.481 e. The lowest BCUT2D eigenvalue weighted by Crippen LogP contribution is -2.50. The Balaban J connectivity index is 2.23. The molecular weight excluding hydrogens is 280 g/mol. The Labute approximate surface area is 123 Å². The van der Waals surface area contributed by atoms with Crippen LogP contribution in [0.4, 0.5) is 4.79 Å². The fraction of sp³-hybridized carbons (Fsp3) is 0.769. The van der Waals surface area contributed by atoms with Gasteiger partial charge in [-0.2, -0.15) is 0 Å². The smallest absolute Gasteiger partial charge is 0.317 e. The van der Waals surface area contributed by atoms with Crippen LogP contribution in [0.1, 0.15) is 25.7 Å². The van der Waals surface area contributed by atoms with Gasteiger partial charge in [-0.1, -0.05) is 0 Å². The van der Waals surface area contributed by atoms with Crippen molar-refractivity contribution in [3.63, 3.8) is 0 Å². The third kappa shape index (κ3) is 6.94. The van der Waals surface area contributed by atoms with Crippen LogP contribution >= 0.6 is 0 Å². The highest BCUT2D eigenvalue weighted by Gasteiger charge is 2.26. The maximum absolute atomic E-state index is 11.9. The van der Waals surface area contributed by atoms with Crippen LogP contribution in [-0.4, -0.2) is 67.4 Å². The molecule has 0 aromatic rings. The Morgan fingerprint density at radius 2 is 2.14 bits per heavy atom. The molecule has 0 aliphatic carbocycles. The molecule has 1 rings (SSSR count). The standard InChI is InChI=1S/C13H22N2O6/c1-20-12(18)8-10-9-15(6-7-21-10)13(19)14-5-3-2-4-11(16)17/h10H,2-9H2,1H3,(H,14,19)(H,16,17). The number of hydrogen-bond acceptors (Lipinski definition) is 5. The predicted octanol–water partition coefficient (Wildman–Crippen LogP) is 0.215. The maximum atomic E-state index is 11.9. The molecule has 8 nitrogen and oxygen atoms in total. The number of hydrogen-bond donors (Lipinski definition) is 2. The Kier molecular flexibility index (Phi) is 7.52. The van der Waals surface area contributed by atoms with Crippen LogP contribution in [-0.2, 0) is 19.1 Å². The molecule has 1 fully saturated rings. The summed E-state index contributed by atoms with van der Waals surface area (Å²) in [5.41, 5.74) is 0. The predicted molar refractivity (Wildman–Crippen MR) is 72.8 cm³/mol. The molecule has 1 atom stereocenters. The number of aliphatic carboxylic acids is 1. The summed E-state index contributed by atoms with van der Waals surface area (Å²) in [6.45, 7) is 1.63. The van der Waals surface area contributed by atoms with Crippen LogP contribution in [0.3, 0.4) is 0 Å². The van der Waals surface area contributed by atoms with Crippen molar-refractivity contribution >= 4 is 18.0 Å². The second kappa shape index (κ2) is 9.17. The van der Waals surface area contributed by atoms with Crippen LogP contribution in [0.15, 0.2) is 0 Å². The number of amides is 2. The summed E-state index contributed by atoms with van der Waals surface area (Å²) in [7, 11) is 1.31. The number of rotatable bonds is 7. The zero-order chi connectivity index (χ0) is 15.7. The summed E-state index contributed by atoms with van der Waals surface area (Å²) in [5.74, 6) is -1.20. The van der Waals surface area contributed by atoms with Gasteiger partial charge in [-0.3, -0.25) is 9.59 Å². The van der Waals surface area contributed by atoms with Crippen molar-refractivity contribution in [3.8, 4) is 0 Å². The fourth-order valence-corrected chi connectivity index (χ4v) is 2.00. The van der Waals surface area contributed by atoms with E-state index in [1.54, 1.807) is 4.90 Å². The fourth-order valence-electron chi connectivity index (χ4n) is 2.00. The summed E-state index contributed by atoms with van der Waals surface area (Å²) in [6.07, 6.45) is 1.04. The van der Waals surface area contributed by atoms with Crippen molar-refractivity contribution in [2.75, 3.05) is 33.4 Å². The number of esters is 1. The molecule has 0 bridgehead atoms. The van der Waals surface area contributed by atoms with Crippen LogP contribution in [0.5, 0.6) is 0 Å². The van der Waals surface area contributed by atoms with Gasteiger partial charge in [0.2, 0.25) is 0 Å². The lowest BCUT2D eigenvalue weighted by molar-refractivity contribution is -0.145. The van der Waals surface area contributed by atoms with Crippen molar-refractivity contribution in [2.24, 2.45) is 0 Å². The third-order valence-electron chi connectivity index (χ3n) is 3.14. The molecule has 1 aliphatic rings. The van der Waals surface area contributed by atoms with Gasteiger partial charge in [-0.25, -0.2) is 4.79 Å². The number of methoxy groups -OCH3 is 1. The highest BCUT2D eigenvalue weighted by Crippen LogP contribution is 2.09. The van der Waals surface area contributed by atoms with Gasteiger partial charge >= 0.3 is 18.0 Å². The van der Waals surface area contributed by atoms with Gasteiger partial charge in [0.15, 0.2) is 0 Å². The van der Waals surface area contributed by atoms with E-state index < -0.39 is 5.97 Å². The highest BCUT2D eigenvalue weighted by molar-refractivity contribution is 5.74. The third-order valence-corrected chi connectivity index (χ3v) is 3.14. The highest BCUT2D eigenvalue weighted by atomic mass is 16.5. The first kappa shape index (κ1) is 17.2. The molecule has 8 heteroatoms. The number of nitrogens with one attached hydrogen (secondary N) is 1. The molecule has 21 heavy (non-hydrogen) atoms. The van der Waals surface area contributed by atoms with Crippen molar-refractivity contribution in [3.05, 3.63) is 0 Å². The maximum Gasteiger partial charge on any atom is 0.317 e. The SMILES string of the molecule is COC(=O)CC1CN(C(=O)NCCCCC(=O)O)CCO1.